The van der Waals surface area contributed by atoms with Gasteiger partial charge in [0.1, 0.15) is 5.75 Å². The Morgan fingerprint density at radius 3 is 2.00 bits per heavy atom. The van der Waals surface area contributed by atoms with Crippen molar-refractivity contribution in [2.24, 2.45) is 5.92 Å². The topological polar surface area (TPSA) is 127 Å². The second-order valence-electron chi connectivity index (χ2n) is 8.09. The number of fused-ring (bicyclic) bond motifs is 1. The molecule has 10 heteroatoms. The van der Waals surface area contributed by atoms with E-state index in [1.54, 1.807) is 24.3 Å². The first kappa shape index (κ1) is 22.0. The minimum absolute atomic E-state index is 0.0526. The summed E-state index contributed by atoms with van der Waals surface area (Å²) in [4.78, 5) is 63.1. The summed E-state index contributed by atoms with van der Waals surface area (Å²) in [6.45, 7) is 0.0859. The van der Waals surface area contributed by atoms with Gasteiger partial charge in [0.15, 0.2) is 0 Å². The Labute approximate surface area is 198 Å². The third-order valence-electron chi connectivity index (χ3n) is 5.94. The number of nitrogens with zero attached hydrogens (tertiary/aromatic N) is 3. The van der Waals surface area contributed by atoms with Gasteiger partial charge in [-0.25, -0.2) is 4.90 Å². The van der Waals surface area contributed by atoms with Gasteiger partial charge in [0.25, 0.3) is 17.5 Å². The molecule has 10 nitrogen and oxygen atoms in total. The first-order valence-electron chi connectivity index (χ1n) is 10.7. The van der Waals surface area contributed by atoms with Gasteiger partial charge in [-0.2, -0.15) is 0 Å². The lowest BCUT2D eigenvalue weighted by molar-refractivity contribution is -0.384. The fourth-order valence-electron chi connectivity index (χ4n) is 4.16. The van der Waals surface area contributed by atoms with Crippen molar-refractivity contribution >= 4 is 40.8 Å². The molecular weight excluding hydrogens is 454 g/mol. The molecule has 0 aromatic heterocycles. The summed E-state index contributed by atoms with van der Waals surface area (Å²) >= 11 is 0. The lowest BCUT2D eigenvalue weighted by Gasteiger charge is -2.16. The molecule has 0 saturated carbocycles. The third kappa shape index (κ3) is 3.90. The van der Waals surface area contributed by atoms with Crippen molar-refractivity contribution in [1.82, 2.24) is 0 Å². The van der Waals surface area contributed by atoms with Gasteiger partial charge in [0.05, 0.1) is 27.7 Å². The van der Waals surface area contributed by atoms with Crippen LogP contribution in [0.25, 0.3) is 0 Å². The highest BCUT2D eigenvalue weighted by Crippen LogP contribution is 2.31. The van der Waals surface area contributed by atoms with Crippen LogP contribution in [0.4, 0.5) is 17.1 Å². The fraction of sp³-hybridized carbons (Fsp3) is 0.120. The number of hydrogen-bond donors (Lipinski definition) is 0. The maximum absolute atomic E-state index is 12.7. The maximum Gasteiger partial charge on any atom is 0.316 e. The summed E-state index contributed by atoms with van der Waals surface area (Å²) < 4.78 is 5.42. The number of benzene rings is 3. The molecule has 3 aromatic carbocycles. The van der Waals surface area contributed by atoms with Crippen molar-refractivity contribution in [3.63, 3.8) is 0 Å². The number of amides is 3. The minimum atomic E-state index is -0.714. The predicted molar refractivity (Wildman–Crippen MR) is 123 cm³/mol. The van der Waals surface area contributed by atoms with E-state index in [2.05, 4.69) is 0 Å². The summed E-state index contributed by atoms with van der Waals surface area (Å²) in [6.07, 6.45) is -0.0526. The molecule has 35 heavy (non-hydrogen) atoms. The molecule has 0 N–H and O–H groups in total. The molecule has 3 amide bonds. The molecule has 0 aliphatic carbocycles. The first-order valence-corrected chi connectivity index (χ1v) is 10.7. The standard InChI is InChI=1S/C25H17N3O7/c29-22-13-15(14-26(22)16-5-7-18(8-6-16)28(33)34)25(32)35-19-11-9-17(10-12-19)27-23(30)20-3-1-2-4-21(20)24(27)31/h1-12,15H,13-14H2/t15-/m0/s1. The number of rotatable bonds is 5. The van der Waals surface area contributed by atoms with E-state index in [1.807, 2.05) is 0 Å². The highest BCUT2D eigenvalue weighted by molar-refractivity contribution is 6.34. The zero-order valence-corrected chi connectivity index (χ0v) is 18.1. The predicted octanol–water partition coefficient (Wildman–Crippen LogP) is 3.35. The van der Waals surface area contributed by atoms with Crippen LogP contribution in [-0.4, -0.2) is 35.2 Å². The lowest BCUT2D eigenvalue weighted by atomic mass is 10.1. The van der Waals surface area contributed by atoms with Crippen molar-refractivity contribution in [1.29, 1.82) is 0 Å². The number of esters is 1. The molecule has 0 bridgehead atoms. The molecule has 2 aliphatic rings. The van der Waals surface area contributed by atoms with Gasteiger partial charge in [-0.05, 0) is 48.5 Å². The number of carbonyl (C=O) groups is 4. The Morgan fingerprint density at radius 1 is 0.857 bits per heavy atom. The quantitative estimate of drug-likeness (QED) is 0.184. The van der Waals surface area contributed by atoms with E-state index < -0.39 is 28.6 Å². The van der Waals surface area contributed by atoms with Crippen LogP contribution in [0.5, 0.6) is 5.75 Å². The van der Waals surface area contributed by atoms with Crippen molar-refractivity contribution in [2.45, 2.75) is 6.42 Å². The Balaban J connectivity index is 1.25. The zero-order valence-electron chi connectivity index (χ0n) is 18.1. The largest absolute Gasteiger partial charge is 0.426 e. The number of imide groups is 1. The van der Waals surface area contributed by atoms with Crippen LogP contribution >= 0.6 is 0 Å². The molecule has 174 valence electrons. The molecular formula is C25H17N3O7. The van der Waals surface area contributed by atoms with Gasteiger partial charge in [-0.15, -0.1) is 0 Å². The molecule has 0 radical (unpaired) electrons. The van der Waals surface area contributed by atoms with Gasteiger partial charge in [0, 0.05) is 30.8 Å². The molecule has 3 aromatic rings. The number of hydrogen-bond acceptors (Lipinski definition) is 7. The Morgan fingerprint density at radius 2 is 1.43 bits per heavy atom. The van der Waals surface area contributed by atoms with Crippen molar-refractivity contribution in [3.8, 4) is 5.75 Å². The normalized spacial score (nSPS) is 17.0. The van der Waals surface area contributed by atoms with Gasteiger partial charge in [0.2, 0.25) is 5.91 Å². The van der Waals surface area contributed by atoms with Crippen LogP contribution in [0.2, 0.25) is 0 Å². The van der Waals surface area contributed by atoms with Gasteiger partial charge < -0.3 is 9.64 Å². The molecule has 2 heterocycles. The SMILES string of the molecule is O=C(Oc1ccc(N2C(=O)c3ccccc3C2=O)cc1)[C@H]1CC(=O)N(c2ccc([N+](=O)[O-])cc2)C1. The van der Waals surface area contributed by atoms with E-state index in [4.69, 9.17) is 4.74 Å². The van der Waals surface area contributed by atoms with E-state index in [9.17, 15) is 29.3 Å². The first-order chi connectivity index (χ1) is 16.8. The minimum Gasteiger partial charge on any atom is -0.426 e. The highest BCUT2D eigenvalue weighted by atomic mass is 16.6. The number of carbonyl (C=O) groups excluding carboxylic acids is 4. The second kappa shape index (κ2) is 8.49. The van der Waals surface area contributed by atoms with Crippen molar-refractivity contribution in [3.05, 3.63) is 94.0 Å². The molecule has 1 fully saturated rings. The molecule has 1 saturated heterocycles. The lowest BCUT2D eigenvalue weighted by Crippen LogP contribution is -2.29. The highest BCUT2D eigenvalue weighted by Gasteiger charge is 2.38. The molecule has 2 aliphatic heterocycles. The summed E-state index contributed by atoms with van der Waals surface area (Å²) in [5, 5.41) is 10.8. The Bertz CT molecular complexity index is 1350. The average molecular weight is 471 g/mol. The second-order valence-corrected chi connectivity index (χ2v) is 8.09. The van der Waals surface area contributed by atoms with Gasteiger partial charge in [-0.3, -0.25) is 29.3 Å². The molecule has 1 atom stereocenters. The molecule has 0 unspecified atom stereocenters. The average Bonchev–Trinajstić information content (AvgIpc) is 3.37. The monoisotopic (exact) mass is 471 g/mol. The van der Waals surface area contributed by atoms with Crippen LogP contribution in [0.3, 0.4) is 0 Å². The Kier molecular flexibility index (Phi) is 5.33. The maximum atomic E-state index is 12.7. The van der Waals surface area contributed by atoms with E-state index in [0.29, 0.717) is 22.5 Å². The smallest absolute Gasteiger partial charge is 0.316 e. The summed E-state index contributed by atoms with van der Waals surface area (Å²) in [6, 6.07) is 18.0. The number of ether oxygens (including phenoxy) is 1. The van der Waals surface area contributed by atoms with Crippen LogP contribution in [0.1, 0.15) is 27.1 Å². The van der Waals surface area contributed by atoms with E-state index in [0.717, 1.165) is 4.90 Å². The fourth-order valence-corrected chi connectivity index (χ4v) is 4.16. The number of nitro benzene ring substituents is 1. The van der Waals surface area contributed by atoms with Crippen LogP contribution in [-0.2, 0) is 9.59 Å². The van der Waals surface area contributed by atoms with E-state index >= 15 is 0 Å². The van der Waals surface area contributed by atoms with E-state index in [1.165, 1.54) is 53.4 Å². The Hall–Kier alpha value is -4.86. The summed E-state index contributed by atoms with van der Waals surface area (Å²) in [7, 11) is 0. The van der Waals surface area contributed by atoms with Crippen molar-refractivity contribution < 1.29 is 28.8 Å². The summed E-state index contributed by atoms with van der Waals surface area (Å²) in [5.41, 5.74) is 1.37. The summed E-state index contributed by atoms with van der Waals surface area (Å²) in [5.74, 6) is -2.25. The third-order valence-corrected chi connectivity index (χ3v) is 5.94. The van der Waals surface area contributed by atoms with Crippen LogP contribution < -0.4 is 14.5 Å². The van der Waals surface area contributed by atoms with E-state index in [-0.39, 0.29) is 30.3 Å². The zero-order chi connectivity index (χ0) is 24.7. The van der Waals surface area contributed by atoms with Gasteiger partial charge >= 0.3 is 5.97 Å². The molecule has 0 spiro atoms. The number of nitro groups is 1. The van der Waals surface area contributed by atoms with Crippen LogP contribution in [0, 0.1) is 16.0 Å². The van der Waals surface area contributed by atoms with Crippen molar-refractivity contribution in [2.75, 3.05) is 16.3 Å². The van der Waals surface area contributed by atoms with Crippen LogP contribution in [0.15, 0.2) is 72.8 Å². The number of anilines is 2. The molecule has 5 rings (SSSR count). The van der Waals surface area contributed by atoms with Gasteiger partial charge in [-0.1, -0.05) is 12.1 Å². The number of non-ortho nitro benzene ring substituents is 1.